The quantitative estimate of drug-likeness (QED) is 0.771. The molecule has 0 saturated heterocycles. The predicted octanol–water partition coefficient (Wildman–Crippen LogP) is 3.26. The number of aromatic nitrogens is 2. The first-order valence-electron chi connectivity index (χ1n) is 8.59. The van der Waals surface area contributed by atoms with Crippen molar-refractivity contribution < 1.29 is 27.8 Å². The molecule has 0 amide bonds. The molecule has 0 aliphatic carbocycles. The number of aryl methyl sites for hydroxylation is 2. The Morgan fingerprint density at radius 2 is 1.75 bits per heavy atom. The zero-order valence-corrected chi connectivity index (χ0v) is 16.5. The van der Waals surface area contributed by atoms with Gasteiger partial charge in [-0.25, -0.2) is 4.79 Å². The Morgan fingerprint density at radius 3 is 2.18 bits per heavy atom. The van der Waals surface area contributed by atoms with Gasteiger partial charge in [0.1, 0.15) is 0 Å². The molecule has 1 heterocycles. The lowest BCUT2D eigenvalue weighted by molar-refractivity contribution is -0.192. The van der Waals surface area contributed by atoms with Gasteiger partial charge >= 0.3 is 12.1 Å². The number of carboxylic acid groups (broad SMARTS) is 1. The highest BCUT2D eigenvalue weighted by Crippen LogP contribution is 2.13. The van der Waals surface area contributed by atoms with E-state index in [0.29, 0.717) is 0 Å². The first kappa shape index (κ1) is 23.6. The summed E-state index contributed by atoms with van der Waals surface area (Å²) >= 11 is 0. The van der Waals surface area contributed by atoms with Gasteiger partial charge in [0, 0.05) is 25.9 Å². The minimum atomic E-state index is -5.08. The first-order valence-corrected chi connectivity index (χ1v) is 8.59. The van der Waals surface area contributed by atoms with Gasteiger partial charge in [0.25, 0.3) is 0 Å². The highest BCUT2D eigenvalue weighted by molar-refractivity contribution is 5.73. The summed E-state index contributed by atoms with van der Waals surface area (Å²) in [7, 11) is 3.85. The lowest BCUT2D eigenvalue weighted by Gasteiger charge is -2.16. The van der Waals surface area contributed by atoms with Crippen LogP contribution in [-0.2, 0) is 22.6 Å². The van der Waals surface area contributed by atoms with E-state index in [9.17, 15) is 13.2 Å². The standard InChI is InChI=1S/C17H25N3O.C2HF3O2/c1-14-11-15(2)20(18-14)13-17-7-5-16(6-8-17)12-19(3)9-10-21-4;3-2(4,5)1(6)7/h5-8,11H,9-10,12-13H2,1-4H3;(H,6,7). The van der Waals surface area contributed by atoms with Crippen molar-refractivity contribution in [2.45, 2.75) is 33.1 Å². The Balaban J connectivity index is 0.000000480. The third kappa shape index (κ3) is 8.53. The molecule has 0 unspecified atom stereocenters. The highest BCUT2D eigenvalue weighted by Gasteiger charge is 2.38. The van der Waals surface area contributed by atoms with Crippen LogP contribution in [0.4, 0.5) is 13.2 Å². The van der Waals surface area contributed by atoms with Gasteiger partial charge in [-0.1, -0.05) is 24.3 Å². The number of hydrogen-bond acceptors (Lipinski definition) is 4. The summed E-state index contributed by atoms with van der Waals surface area (Å²) in [4.78, 5) is 11.2. The lowest BCUT2D eigenvalue weighted by atomic mass is 10.1. The number of carbonyl (C=O) groups is 1. The fourth-order valence-corrected chi connectivity index (χ4v) is 2.40. The van der Waals surface area contributed by atoms with Crippen LogP contribution >= 0.6 is 0 Å². The molecule has 0 radical (unpaired) electrons. The van der Waals surface area contributed by atoms with Crippen LogP contribution in [0.2, 0.25) is 0 Å². The number of halogens is 3. The van der Waals surface area contributed by atoms with Crippen molar-refractivity contribution in [1.82, 2.24) is 14.7 Å². The second-order valence-electron chi connectivity index (χ2n) is 6.43. The summed E-state index contributed by atoms with van der Waals surface area (Å²) in [5.41, 5.74) is 4.88. The van der Waals surface area contributed by atoms with Crippen LogP contribution in [0.3, 0.4) is 0 Å². The third-order valence-electron chi connectivity index (χ3n) is 3.83. The van der Waals surface area contributed by atoms with Crippen LogP contribution in [0.5, 0.6) is 0 Å². The maximum atomic E-state index is 10.6. The Hall–Kier alpha value is -2.39. The average Bonchev–Trinajstić information content (AvgIpc) is 2.91. The number of aliphatic carboxylic acids is 1. The normalized spacial score (nSPS) is 11.3. The Kier molecular flexibility index (Phi) is 9.14. The molecule has 1 aromatic carbocycles. The van der Waals surface area contributed by atoms with Crippen molar-refractivity contribution in [3.05, 3.63) is 52.8 Å². The maximum absolute atomic E-state index is 10.6. The molecule has 2 aromatic rings. The van der Waals surface area contributed by atoms with Gasteiger partial charge in [0.2, 0.25) is 0 Å². The van der Waals surface area contributed by atoms with Crippen molar-refractivity contribution in [1.29, 1.82) is 0 Å². The summed E-state index contributed by atoms with van der Waals surface area (Å²) < 4.78 is 38.9. The number of ether oxygens (including phenoxy) is 1. The van der Waals surface area contributed by atoms with E-state index < -0.39 is 12.1 Å². The largest absolute Gasteiger partial charge is 0.490 e. The van der Waals surface area contributed by atoms with E-state index in [1.54, 1.807) is 7.11 Å². The number of methoxy groups -OCH3 is 1. The van der Waals surface area contributed by atoms with E-state index in [0.717, 1.165) is 31.9 Å². The lowest BCUT2D eigenvalue weighted by Crippen LogP contribution is -2.22. The van der Waals surface area contributed by atoms with Crippen molar-refractivity contribution in [2.75, 3.05) is 27.3 Å². The van der Waals surface area contributed by atoms with E-state index >= 15 is 0 Å². The second kappa shape index (κ2) is 10.8. The Bertz CT molecular complexity index is 743. The van der Waals surface area contributed by atoms with Gasteiger partial charge in [-0.2, -0.15) is 18.3 Å². The molecule has 0 saturated carbocycles. The minimum absolute atomic E-state index is 0.770. The smallest absolute Gasteiger partial charge is 0.475 e. The summed E-state index contributed by atoms with van der Waals surface area (Å²) in [5.74, 6) is -2.76. The summed E-state index contributed by atoms with van der Waals surface area (Å²) in [6.07, 6.45) is -5.08. The van der Waals surface area contributed by atoms with Gasteiger partial charge in [-0.05, 0) is 38.1 Å². The number of likely N-dealkylation sites (N-methyl/N-ethyl adjacent to an activating group) is 1. The number of nitrogens with zero attached hydrogens (tertiary/aromatic N) is 3. The predicted molar refractivity (Wildman–Crippen MR) is 99.1 cm³/mol. The monoisotopic (exact) mass is 401 g/mol. The molecule has 0 bridgehead atoms. The SMILES string of the molecule is COCCN(C)Cc1ccc(Cn2nc(C)cc2C)cc1.O=C(O)C(F)(F)F. The Morgan fingerprint density at radius 1 is 1.21 bits per heavy atom. The molecule has 0 atom stereocenters. The van der Waals surface area contributed by atoms with Gasteiger partial charge in [-0.3, -0.25) is 9.58 Å². The van der Waals surface area contributed by atoms with Crippen LogP contribution in [0, 0.1) is 13.8 Å². The van der Waals surface area contributed by atoms with Crippen molar-refractivity contribution in [2.24, 2.45) is 0 Å². The third-order valence-corrected chi connectivity index (χ3v) is 3.83. The van der Waals surface area contributed by atoms with Crippen molar-refractivity contribution in [3.63, 3.8) is 0 Å². The van der Waals surface area contributed by atoms with E-state index in [1.165, 1.54) is 16.8 Å². The number of alkyl halides is 3. The topological polar surface area (TPSA) is 67.6 Å². The molecule has 0 spiro atoms. The molecule has 0 fully saturated rings. The molecule has 2 rings (SSSR count). The van der Waals surface area contributed by atoms with Crippen LogP contribution in [0.1, 0.15) is 22.5 Å². The molecule has 1 N–H and O–H groups in total. The molecule has 0 aliphatic rings. The highest BCUT2D eigenvalue weighted by atomic mass is 19.4. The fourth-order valence-electron chi connectivity index (χ4n) is 2.40. The van der Waals surface area contributed by atoms with Crippen molar-refractivity contribution in [3.8, 4) is 0 Å². The zero-order valence-electron chi connectivity index (χ0n) is 16.5. The molecular formula is C19H26F3N3O3. The zero-order chi connectivity index (χ0) is 21.3. The number of hydrogen-bond donors (Lipinski definition) is 1. The van der Waals surface area contributed by atoms with Crippen LogP contribution in [0.15, 0.2) is 30.3 Å². The molecule has 156 valence electrons. The van der Waals surface area contributed by atoms with Crippen LogP contribution in [0.25, 0.3) is 0 Å². The minimum Gasteiger partial charge on any atom is -0.475 e. The molecule has 6 nitrogen and oxygen atoms in total. The van der Waals surface area contributed by atoms with Gasteiger partial charge in [0.05, 0.1) is 18.8 Å². The van der Waals surface area contributed by atoms with E-state index in [1.807, 2.05) is 6.92 Å². The van der Waals surface area contributed by atoms with Crippen LogP contribution < -0.4 is 0 Å². The molecule has 9 heteroatoms. The first-order chi connectivity index (χ1) is 13.0. The molecule has 0 aliphatic heterocycles. The fraction of sp³-hybridized carbons (Fsp3) is 0.474. The molecule has 28 heavy (non-hydrogen) atoms. The van der Waals surface area contributed by atoms with Gasteiger partial charge in [0.15, 0.2) is 0 Å². The van der Waals surface area contributed by atoms with Gasteiger partial charge in [-0.15, -0.1) is 0 Å². The molecule has 1 aromatic heterocycles. The van der Waals surface area contributed by atoms with Crippen LogP contribution in [-0.4, -0.2) is 59.2 Å². The second-order valence-corrected chi connectivity index (χ2v) is 6.43. The Labute approximate surface area is 162 Å². The van der Waals surface area contributed by atoms with Gasteiger partial charge < -0.3 is 9.84 Å². The van der Waals surface area contributed by atoms with E-state index in [4.69, 9.17) is 14.6 Å². The average molecular weight is 401 g/mol. The molecular weight excluding hydrogens is 375 g/mol. The van der Waals surface area contributed by atoms with E-state index in [2.05, 4.69) is 59.0 Å². The maximum Gasteiger partial charge on any atom is 0.490 e. The van der Waals surface area contributed by atoms with E-state index in [-0.39, 0.29) is 0 Å². The summed E-state index contributed by atoms with van der Waals surface area (Å²) in [5, 5.41) is 11.6. The summed E-state index contributed by atoms with van der Waals surface area (Å²) in [6.45, 7) is 7.63. The summed E-state index contributed by atoms with van der Waals surface area (Å²) in [6, 6.07) is 10.9. The van der Waals surface area contributed by atoms with Crippen molar-refractivity contribution >= 4 is 5.97 Å². The number of benzene rings is 1. The number of carboxylic acids is 1. The number of rotatable bonds is 7.